The highest BCUT2D eigenvalue weighted by Crippen LogP contribution is 2.32. The lowest BCUT2D eigenvalue weighted by atomic mass is 10.0. The summed E-state index contributed by atoms with van der Waals surface area (Å²) in [7, 11) is 0. The van der Waals surface area contributed by atoms with E-state index in [1.807, 2.05) is 36.5 Å². The number of aliphatic hydroxyl groups is 1. The smallest absolute Gasteiger partial charge is 0.249 e. The third kappa shape index (κ3) is 2.55. The molecule has 2 heterocycles. The highest BCUT2D eigenvalue weighted by Gasteiger charge is 2.17. The molecule has 0 saturated heterocycles. The second-order valence-electron chi connectivity index (χ2n) is 5.94. The maximum Gasteiger partial charge on any atom is 0.249 e. The average Bonchev–Trinajstić information content (AvgIpc) is 2.95. The van der Waals surface area contributed by atoms with Crippen molar-refractivity contribution in [3.05, 3.63) is 77.6 Å². The van der Waals surface area contributed by atoms with Gasteiger partial charge in [0.15, 0.2) is 0 Å². The molecule has 0 aliphatic carbocycles. The van der Waals surface area contributed by atoms with Crippen LogP contribution in [0.3, 0.4) is 0 Å². The molecule has 4 aromatic rings. The first kappa shape index (κ1) is 15.4. The predicted molar refractivity (Wildman–Crippen MR) is 96.1 cm³/mol. The van der Waals surface area contributed by atoms with E-state index in [2.05, 4.69) is 15.6 Å². The van der Waals surface area contributed by atoms with Gasteiger partial charge >= 0.3 is 0 Å². The van der Waals surface area contributed by atoms with Gasteiger partial charge < -0.3 is 15.4 Å². The van der Waals surface area contributed by atoms with E-state index >= 15 is 0 Å². The molecule has 0 unspecified atom stereocenters. The van der Waals surface area contributed by atoms with Crippen LogP contribution in [0.25, 0.3) is 21.8 Å². The molecule has 3 N–H and O–H groups in total. The number of hydrogen-bond donors (Lipinski definition) is 2. The predicted octanol–water partition coefficient (Wildman–Crippen LogP) is 2.63. The van der Waals surface area contributed by atoms with E-state index < -0.39 is 5.91 Å². The Kier molecular flexibility index (Phi) is 3.71. The number of carbonyl (C=O) groups is 1. The Morgan fingerprint density at radius 3 is 2.80 bits per heavy atom. The molecule has 1 radical (unpaired) electrons. The molecule has 0 atom stereocenters. The summed E-state index contributed by atoms with van der Waals surface area (Å²) in [6.07, 6.45) is 3.55. The minimum Gasteiger partial charge on any atom is -0.392 e. The third-order valence-electron chi connectivity index (χ3n) is 4.37. The summed E-state index contributed by atoms with van der Waals surface area (Å²) in [5, 5.41) is 11.1. The molecule has 2 aromatic carbocycles. The first-order valence-corrected chi connectivity index (χ1v) is 7.94. The molecule has 5 nitrogen and oxygen atoms in total. The molecule has 0 bridgehead atoms. The number of nitrogens with zero attached hydrogens (tertiary/aromatic N) is 2. The molecule has 25 heavy (non-hydrogen) atoms. The molecule has 4 rings (SSSR count). The Morgan fingerprint density at radius 2 is 2.08 bits per heavy atom. The van der Waals surface area contributed by atoms with Crippen LogP contribution < -0.4 is 5.73 Å². The fourth-order valence-corrected chi connectivity index (χ4v) is 3.24. The Morgan fingerprint density at radius 1 is 1.20 bits per heavy atom. The molecular weight excluding hydrogens is 314 g/mol. The van der Waals surface area contributed by atoms with Gasteiger partial charge in [0.05, 0.1) is 17.6 Å². The summed E-state index contributed by atoms with van der Waals surface area (Å²) >= 11 is 0. The summed E-state index contributed by atoms with van der Waals surface area (Å²) in [5.41, 5.74) is 9.66. The number of nitrogens with two attached hydrogens (primary N) is 1. The topological polar surface area (TPSA) is 81.1 Å². The number of primary amides is 1. The van der Waals surface area contributed by atoms with Crippen LogP contribution >= 0.6 is 0 Å². The molecule has 2 aromatic heterocycles. The van der Waals surface area contributed by atoms with Gasteiger partial charge in [0, 0.05) is 35.3 Å². The summed E-state index contributed by atoms with van der Waals surface area (Å²) < 4.78 is 2.10. The van der Waals surface area contributed by atoms with Crippen LogP contribution in [0, 0.1) is 6.07 Å². The van der Waals surface area contributed by atoms with Crippen LogP contribution in [0.4, 0.5) is 0 Å². The zero-order chi connectivity index (χ0) is 17.4. The van der Waals surface area contributed by atoms with Gasteiger partial charge in [-0.2, -0.15) is 0 Å². The molecule has 0 spiro atoms. The van der Waals surface area contributed by atoms with E-state index in [1.165, 1.54) is 0 Å². The maximum absolute atomic E-state index is 11.9. The lowest BCUT2D eigenvalue weighted by molar-refractivity contribution is 0.100. The van der Waals surface area contributed by atoms with Crippen LogP contribution in [0.5, 0.6) is 0 Å². The van der Waals surface area contributed by atoms with Crippen molar-refractivity contribution >= 4 is 27.7 Å². The zero-order valence-corrected chi connectivity index (χ0v) is 13.4. The van der Waals surface area contributed by atoms with Gasteiger partial charge in [-0.3, -0.25) is 9.78 Å². The molecule has 0 saturated carbocycles. The number of benzene rings is 2. The van der Waals surface area contributed by atoms with Crippen molar-refractivity contribution in [2.75, 3.05) is 0 Å². The van der Waals surface area contributed by atoms with Gasteiger partial charge in [0.1, 0.15) is 0 Å². The molecule has 5 heteroatoms. The minimum absolute atomic E-state index is 0.0659. The maximum atomic E-state index is 11.9. The third-order valence-corrected chi connectivity index (χ3v) is 4.37. The molecule has 1 amide bonds. The van der Waals surface area contributed by atoms with E-state index in [0.717, 1.165) is 32.9 Å². The highest BCUT2D eigenvalue weighted by molar-refractivity contribution is 6.17. The number of pyridine rings is 1. The van der Waals surface area contributed by atoms with Crippen LogP contribution in [0.15, 0.2) is 54.9 Å². The summed E-state index contributed by atoms with van der Waals surface area (Å²) in [4.78, 5) is 16.1. The van der Waals surface area contributed by atoms with Crippen molar-refractivity contribution in [1.29, 1.82) is 0 Å². The van der Waals surface area contributed by atoms with Crippen molar-refractivity contribution in [2.45, 2.75) is 13.2 Å². The van der Waals surface area contributed by atoms with Gasteiger partial charge in [-0.1, -0.05) is 12.1 Å². The van der Waals surface area contributed by atoms with Crippen molar-refractivity contribution in [3.8, 4) is 0 Å². The lowest BCUT2D eigenvalue weighted by Crippen LogP contribution is -2.11. The quantitative estimate of drug-likeness (QED) is 0.603. The molecule has 0 fully saturated rings. The fraction of sp³-hybridized carbons (Fsp3) is 0.100. The second-order valence-corrected chi connectivity index (χ2v) is 5.94. The number of amides is 1. The van der Waals surface area contributed by atoms with Gasteiger partial charge in [0.25, 0.3) is 0 Å². The number of carbonyl (C=O) groups excluding carboxylic acids is 1. The normalized spacial score (nSPS) is 11.2. The number of aliphatic hydroxyl groups excluding tert-OH is 1. The second kappa shape index (κ2) is 6.03. The number of fused-ring (bicyclic) bond motifs is 3. The Bertz CT molecular complexity index is 1080. The number of hydrogen-bond acceptors (Lipinski definition) is 3. The Balaban J connectivity index is 2.07. The lowest BCUT2D eigenvalue weighted by Gasteiger charge is -2.08. The van der Waals surface area contributed by atoms with Crippen molar-refractivity contribution in [2.24, 2.45) is 5.73 Å². The largest absolute Gasteiger partial charge is 0.392 e. The van der Waals surface area contributed by atoms with E-state index in [1.54, 1.807) is 18.3 Å². The van der Waals surface area contributed by atoms with Crippen molar-refractivity contribution < 1.29 is 9.90 Å². The average molecular weight is 330 g/mol. The summed E-state index contributed by atoms with van der Waals surface area (Å²) in [6.45, 7) is 0.530. The zero-order valence-electron chi connectivity index (χ0n) is 13.4. The SMILES string of the molecule is NC(=O)c1cccc2c1c1[c]cc(CO)cc1n2Cc1cccnc1. The van der Waals surface area contributed by atoms with Crippen molar-refractivity contribution in [3.63, 3.8) is 0 Å². The summed E-state index contributed by atoms with van der Waals surface area (Å²) in [5.74, 6) is -0.467. The fourth-order valence-electron chi connectivity index (χ4n) is 3.24. The Labute approximate surface area is 144 Å². The molecule has 123 valence electrons. The van der Waals surface area contributed by atoms with Crippen LogP contribution in [-0.2, 0) is 13.2 Å². The highest BCUT2D eigenvalue weighted by atomic mass is 16.3. The van der Waals surface area contributed by atoms with E-state index in [9.17, 15) is 9.90 Å². The minimum atomic E-state index is -0.467. The number of rotatable bonds is 4. The summed E-state index contributed by atoms with van der Waals surface area (Å²) in [6, 6.07) is 16.3. The molecule has 0 aliphatic heterocycles. The first-order chi connectivity index (χ1) is 12.2. The molecular formula is C20H16N3O2. The number of aromatic nitrogens is 2. The van der Waals surface area contributed by atoms with Gasteiger partial charge in [0.2, 0.25) is 5.91 Å². The van der Waals surface area contributed by atoms with Gasteiger partial charge in [-0.25, -0.2) is 0 Å². The van der Waals surface area contributed by atoms with Gasteiger partial charge in [-0.05, 0) is 47.5 Å². The molecule has 0 aliphatic rings. The van der Waals surface area contributed by atoms with Crippen molar-refractivity contribution in [1.82, 2.24) is 9.55 Å². The van der Waals surface area contributed by atoms with Gasteiger partial charge in [-0.15, -0.1) is 0 Å². The Hall–Kier alpha value is -3.18. The van der Waals surface area contributed by atoms with E-state index in [4.69, 9.17) is 5.73 Å². The van der Waals surface area contributed by atoms with Crippen LogP contribution in [0.2, 0.25) is 0 Å². The first-order valence-electron chi connectivity index (χ1n) is 7.94. The standard InChI is InChI=1S/C20H16N3O2/c21-20(25)16-4-1-5-17-19(16)15-7-6-13(12-24)9-18(15)23(17)11-14-3-2-8-22-10-14/h1-6,8-10,24H,11-12H2,(H2,21,25). The van der Waals surface area contributed by atoms with Crippen LogP contribution in [0.1, 0.15) is 21.5 Å². The van der Waals surface area contributed by atoms with Crippen LogP contribution in [-0.4, -0.2) is 20.6 Å². The van der Waals surface area contributed by atoms with E-state index in [-0.39, 0.29) is 6.61 Å². The monoisotopic (exact) mass is 330 g/mol. The van der Waals surface area contributed by atoms with E-state index in [0.29, 0.717) is 12.1 Å².